The molecule has 5 nitrogen and oxygen atoms in total. The minimum absolute atomic E-state index is 0.117. The number of carboxylic acid groups (broad SMARTS) is 2. The molecule has 0 radical (unpaired) electrons. The zero-order chi connectivity index (χ0) is 15.5. The summed E-state index contributed by atoms with van der Waals surface area (Å²) in [6.07, 6.45) is 0. The van der Waals surface area contributed by atoms with Crippen molar-refractivity contribution in [2.75, 3.05) is 5.32 Å². The second-order valence-corrected chi connectivity index (χ2v) is 5.68. The summed E-state index contributed by atoms with van der Waals surface area (Å²) in [6, 6.07) is 6.15. The van der Waals surface area contributed by atoms with Crippen molar-refractivity contribution < 1.29 is 19.8 Å². The summed E-state index contributed by atoms with van der Waals surface area (Å²) in [7, 11) is 0. The van der Waals surface area contributed by atoms with Gasteiger partial charge < -0.3 is 15.5 Å². The molecule has 0 heterocycles. The minimum Gasteiger partial charge on any atom is -0.481 e. The van der Waals surface area contributed by atoms with E-state index < -0.39 is 23.4 Å². The molecule has 1 atom stereocenters. The van der Waals surface area contributed by atoms with Crippen molar-refractivity contribution in [2.24, 2.45) is 5.92 Å². The van der Waals surface area contributed by atoms with Gasteiger partial charge in [-0.2, -0.15) is 0 Å². The first-order valence-electron chi connectivity index (χ1n) is 6.50. The normalized spacial score (nSPS) is 13.1. The van der Waals surface area contributed by atoms with Crippen LogP contribution in [0.3, 0.4) is 0 Å². The van der Waals surface area contributed by atoms with Crippen molar-refractivity contribution in [1.29, 1.82) is 0 Å². The van der Waals surface area contributed by atoms with E-state index in [2.05, 4.69) is 5.32 Å². The van der Waals surface area contributed by atoms with Gasteiger partial charge in [-0.3, -0.25) is 4.79 Å². The highest BCUT2D eigenvalue weighted by Gasteiger charge is 2.33. The molecule has 0 amide bonds. The molecule has 1 aromatic carbocycles. The van der Waals surface area contributed by atoms with E-state index in [0.29, 0.717) is 11.3 Å². The van der Waals surface area contributed by atoms with Crippen LogP contribution in [0.25, 0.3) is 0 Å². The van der Waals surface area contributed by atoms with E-state index in [1.54, 1.807) is 52.0 Å². The molecule has 0 aliphatic rings. The largest absolute Gasteiger partial charge is 0.481 e. The number of hydrogen-bond acceptors (Lipinski definition) is 3. The average molecular weight is 279 g/mol. The number of para-hydroxylation sites is 1. The van der Waals surface area contributed by atoms with E-state index in [4.69, 9.17) is 0 Å². The van der Waals surface area contributed by atoms with Crippen LogP contribution in [0.15, 0.2) is 24.3 Å². The molecule has 0 aliphatic heterocycles. The summed E-state index contributed by atoms with van der Waals surface area (Å²) in [6.45, 7) is 6.80. The number of rotatable bonds is 6. The molecule has 0 saturated heterocycles. The number of nitrogens with one attached hydrogen (secondary N) is 1. The summed E-state index contributed by atoms with van der Waals surface area (Å²) in [5, 5.41) is 21.5. The first-order chi connectivity index (χ1) is 9.17. The van der Waals surface area contributed by atoms with Gasteiger partial charge in [0.25, 0.3) is 0 Å². The van der Waals surface area contributed by atoms with Crippen LogP contribution in [0.5, 0.6) is 0 Å². The Balaban J connectivity index is 3.20. The maximum absolute atomic E-state index is 11.4. The van der Waals surface area contributed by atoms with Gasteiger partial charge in [0.05, 0.1) is 5.41 Å². The number of carboxylic acids is 2. The van der Waals surface area contributed by atoms with E-state index in [0.717, 1.165) is 0 Å². The van der Waals surface area contributed by atoms with Crippen LogP contribution < -0.4 is 5.32 Å². The molecule has 0 aromatic heterocycles. The van der Waals surface area contributed by atoms with E-state index in [9.17, 15) is 19.8 Å². The van der Waals surface area contributed by atoms with Gasteiger partial charge in [-0.15, -0.1) is 0 Å². The van der Waals surface area contributed by atoms with Gasteiger partial charge in [-0.25, -0.2) is 4.79 Å². The highest BCUT2D eigenvalue weighted by atomic mass is 16.4. The van der Waals surface area contributed by atoms with Crippen LogP contribution >= 0.6 is 0 Å². The Hall–Kier alpha value is -2.04. The van der Waals surface area contributed by atoms with Gasteiger partial charge in [-0.05, 0) is 31.4 Å². The topological polar surface area (TPSA) is 86.6 Å². The first kappa shape index (κ1) is 16.0. The van der Waals surface area contributed by atoms with E-state index in [1.807, 2.05) is 0 Å². The summed E-state index contributed by atoms with van der Waals surface area (Å²) >= 11 is 0. The van der Waals surface area contributed by atoms with Gasteiger partial charge in [0.1, 0.15) is 6.04 Å². The first-order valence-corrected chi connectivity index (χ1v) is 6.50. The lowest BCUT2D eigenvalue weighted by molar-refractivity contribution is -0.142. The molecule has 20 heavy (non-hydrogen) atoms. The lowest BCUT2D eigenvalue weighted by Crippen LogP contribution is -2.36. The third-order valence-corrected chi connectivity index (χ3v) is 3.38. The fourth-order valence-electron chi connectivity index (χ4n) is 1.95. The summed E-state index contributed by atoms with van der Waals surface area (Å²) in [5.74, 6) is -2.03. The lowest BCUT2D eigenvalue weighted by atomic mass is 9.83. The Morgan fingerprint density at radius 1 is 1.15 bits per heavy atom. The van der Waals surface area contributed by atoms with Crippen molar-refractivity contribution in [3.63, 3.8) is 0 Å². The van der Waals surface area contributed by atoms with E-state index in [-0.39, 0.29) is 5.92 Å². The predicted octanol–water partition coefficient (Wildman–Crippen LogP) is 2.57. The quantitative estimate of drug-likeness (QED) is 0.745. The lowest BCUT2D eigenvalue weighted by Gasteiger charge is -2.26. The van der Waals surface area contributed by atoms with Gasteiger partial charge in [0, 0.05) is 5.69 Å². The van der Waals surface area contributed by atoms with Crippen LogP contribution in [-0.2, 0) is 15.0 Å². The summed E-state index contributed by atoms with van der Waals surface area (Å²) < 4.78 is 0. The monoisotopic (exact) mass is 279 g/mol. The second-order valence-electron chi connectivity index (χ2n) is 5.68. The van der Waals surface area contributed by atoms with Crippen LogP contribution in [0.1, 0.15) is 33.3 Å². The van der Waals surface area contributed by atoms with Gasteiger partial charge >= 0.3 is 11.9 Å². The van der Waals surface area contributed by atoms with Crippen LogP contribution in [0.2, 0.25) is 0 Å². The second kappa shape index (κ2) is 5.94. The maximum atomic E-state index is 11.4. The SMILES string of the molecule is CC(C)C(Nc1ccccc1C(C)(C)C(=O)O)C(=O)O. The third kappa shape index (κ3) is 3.29. The molecule has 1 unspecified atom stereocenters. The highest BCUT2D eigenvalue weighted by molar-refractivity contribution is 5.84. The average Bonchev–Trinajstić information content (AvgIpc) is 2.35. The maximum Gasteiger partial charge on any atom is 0.326 e. The molecule has 0 bridgehead atoms. The Labute approximate surface area is 118 Å². The number of aliphatic carboxylic acids is 2. The van der Waals surface area contributed by atoms with Crippen molar-refractivity contribution >= 4 is 17.6 Å². The molecule has 0 fully saturated rings. The zero-order valence-corrected chi connectivity index (χ0v) is 12.2. The Morgan fingerprint density at radius 2 is 1.70 bits per heavy atom. The minimum atomic E-state index is -1.09. The third-order valence-electron chi connectivity index (χ3n) is 3.38. The predicted molar refractivity (Wildman–Crippen MR) is 77.0 cm³/mol. The van der Waals surface area contributed by atoms with E-state index >= 15 is 0 Å². The summed E-state index contributed by atoms with van der Waals surface area (Å²) in [4.78, 5) is 22.6. The molecule has 1 rings (SSSR count). The molecule has 0 aliphatic carbocycles. The zero-order valence-electron chi connectivity index (χ0n) is 12.2. The summed E-state index contributed by atoms with van der Waals surface area (Å²) in [5.41, 5.74) is 0.0179. The molecule has 1 aromatic rings. The molecular formula is C15H21NO4. The highest BCUT2D eigenvalue weighted by Crippen LogP contribution is 2.31. The number of anilines is 1. The number of carbonyl (C=O) groups is 2. The Bertz CT molecular complexity index is 508. The molecule has 0 saturated carbocycles. The standard InChI is InChI=1S/C15H21NO4/c1-9(2)12(13(17)18)16-11-8-6-5-7-10(11)15(3,4)14(19)20/h5-9,12,16H,1-4H3,(H,17,18)(H,19,20). The van der Waals surface area contributed by atoms with Gasteiger partial charge in [0.2, 0.25) is 0 Å². The molecule has 110 valence electrons. The Kier molecular flexibility index (Phi) is 4.76. The van der Waals surface area contributed by atoms with Crippen molar-refractivity contribution in [2.45, 2.75) is 39.2 Å². The molecule has 5 heteroatoms. The molecule has 3 N–H and O–H groups in total. The Morgan fingerprint density at radius 3 is 2.15 bits per heavy atom. The van der Waals surface area contributed by atoms with Crippen LogP contribution in [0.4, 0.5) is 5.69 Å². The van der Waals surface area contributed by atoms with Crippen LogP contribution in [0, 0.1) is 5.92 Å². The fraction of sp³-hybridized carbons (Fsp3) is 0.467. The smallest absolute Gasteiger partial charge is 0.326 e. The van der Waals surface area contributed by atoms with Crippen molar-refractivity contribution in [1.82, 2.24) is 0 Å². The van der Waals surface area contributed by atoms with E-state index in [1.165, 1.54) is 0 Å². The van der Waals surface area contributed by atoms with Crippen LogP contribution in [-0.4, -0.2) is 28.2 Å². The number of hydrogen-bond donors (Lipinski definition) is 3. The van der Waals surface area contributed by atoms with Gasteiger partial charge in [-0.1, -0.05) is 32.0 Å². The van der Waals surface area contributed by atoms with Crippen molar-refractivity contribution in [3.8, 4) is 0 Å². The molecular weight excluding hydrogens is 258 g/mol. The molecule has 0 spiro atoms. The van der Waals surface area contributed by atoms with Gasteiger partial charge in [0.15, 0.2) is 0 Å². The van der Waals surface area contributed by atoms with Crippen molar-refractivity contribution in [3.05, 3.63) is 29.8 Å². The number of benzene rings is 1. The fourth-order valence-corrected chi connectivity index (χ4v) is 1.95.